The van der Waals surface area contributed by atoms with Crippen LogP contribution >= 0.6 is 0 Å². The normalized spacial score (nSPS) is 10.5. The summed E-state index contributed by atoms with van der Waals surface area (Å²) in [6.07, 6.45) is 3.08. The summed E-state index contributed by atoms with van der Waals surface area (Å²) in [5.41, 5.74) is 2.58. The molecule has 2 heterocycles. The zero-order chi connectivity index (χ0) is 16.2. The van der Waals surface area contributed by atoms with Crippen molar-refractivity contribution in [1.82, 2.24) is 25.3 Å². The van der Waals surface area contributed by atoms with Crippen LogP contribution in [0.4, 0.5) is 4.39 Å². The standard InChI is InChI=1S/C16H14FN5O/c1-11-2-3-12(8-18-11)9-19-16(23)15-10-20-22(21-15)14-6-4-13(17)5-7-14/h2-8,10H,9H2,1H3,(H,19,23). The van der Waals surface area contributed by atoms with Crippen LogP contribution in [0.15, 0.2) is 48.8 Å². The molecule has 0 radical (unpaired) electrons. The smallest absolute Gasteiger partial charge is 0.273 e. The molecule has 116 valence electrons. The van der Waals surface area contributed by atoms with E-state index in [1.54, 1.807) is 6.20 Å². The van der Waals surface area contributed by atoms with Crippen molar-refractivity contribution < 1.29 is 9.18 Å². The Balaban J connectivity index is 1.66. The maximum Gasteiger partial charge on any atom is 0.273 e. The fourth-order valence-electron chi connectivity index (χ4n) is 1.94. The van der Waals surface area contributed by atoms with E-state index in [0.29, 0.717) is 12.2 Å². The second-order valence-electron chi connectivity index (χ2n) is 4.99. The number of carbonyl (C=O) groups is 1. The van der Waals surface area contributed by atoms with Crippen molar-refractivity contribution in [3.63, 3.8) is 0 Å². The summed E-state index contributed by atoms with van der Waals surface area (Å²) in [6.45, 7) is 2.26. The minimum atomic E-state index is -0.342. The summed E-state index contributed by atoms with van der Waals surface area (Å²) in [6, 6.07) is 9.47. The largest absolute Gasteiger partial charge is 0.346 e. The highest BCUT2D eigenvalue weighted by molar-refractivity contribution is 5.91. The number of carbonyl (C=O) groups excluding carboxylic acids is 1. The highest BCUT2D eigenvalue weighted by Crippen LogP contribution is 2.07. The van der Waals surface area contributed by atoms with Gasteiger partial charge in [-0.2, -0.15) is 9.90 Å². The number of pyridine rings is 1. The first-order chi connectivity index (χ1) is 11.1. The van der Waals surface area contributed by atoms with Crippen LogP contribution in [0.1, 0.15) is 21.7 Å². The first-order valence-electron chi connectivity index (χ1n) is 7.00. The van der Waals surface area contributed by atoms with Crippen LogP contribution in [0.25, 0.3) is 5.69 Å². The predicted octanol–water partition coefficient (Wildman–Crippen LogP) is 2.04. The van der Waals surface area contributed by atoms with Gasteiger partial charge in [-0.25, -0.2) is 4.39 Å². The number of nitrogens with zero attached hydrogens (tertiary/aromatic N) is 4. The Hall–Kier alpha value is -3.09. The molecule has 0 aliphatic rings. The van der Waals surface area contributed by atoms with Gasteiger partial charge >= 0.3 is 0 Å². The number of amides is 1. The van der Waals surface area contributed by atoms with Gasteiger partial charge in [-0.1, -0.05) is 6.07 Å². The fraction of sp³-hybridized carbons (Fsp3) is 0.125. The maximum absolute atomic E-state index is 12.9. The van der Waals surface area contributed by atoms with Gasteiger partial charge in [0.25, 0.3) is 5.91 Å². The molecule has 6 nitrogen and oxygen atoms in total. The van der Waals surface area contributed by atoms with E-state index in [4.69, 9.17) is 0 Å². The van der Waals surface area contributed by atoms with Crippen LogP contribution in [0, 0.1) is 12.7 Å². The van der Waals surface area contributed by atoms with Gasteiger partial charge in [0, 0.05) is 18.4 Å². The Labute approximate surface area is 132 Å². The van der Waals surface area contributed by atoms with Gasteiger partial charge in [0.2, 0.25) is 0 Å². The molecule has 1 aromatic carbocycles. The molecule has 1 amide bonds. The van der Waals surface area contributed by atoms with Crippen LogP contribution in [0.2, 0.25) is 0 Å². The van der Waals surface area contributed by atoms with Gasteiger partial charge in [-0.3, -0.25) is 9.78 Å². The molecule has 0 spiro atoms. The maximum atomic E-state index is 12.9. The van der Waals surface area contributed by atoms with Gasteiger partial charge < -0.3 is 5.32 Å². The fourth-order valence-corrected chi connectivity index (χ4v) is 1.94. The lowest BCUT2D eigenvalue weighted by atomic mass is 10.2. The van der Waals surface area contributed by atoms with Crippen LogP contribution in [0.5, 0.6) is 0 Å². The van der Waals surface area contributed by atoms with Gasteiger partial charge in [0.1, 0.15) is 5.82 Å². The van der Waals surface area contributed by atoms with E-state index >= 15 is 0 Å². The third kappa shape index (κ3) is 3.57. The highest BCUT2D eigenvalue weighted by atomic mass is 19.1. The Morgan fingerprint density at radius 3 is 2.65 bits per heavy atom. The zero-order valence-electron chi connectivity index (χ0n) is 12.4. The summed E-state index contributed by atoms with van der Waals surface area (Å²) >= 11 is 0. The van der Waals surface area contributed by atoms with E-state index in [-0.39, 0.29) is 17.4 Å². The molecule has 0 saturated heterocycles. The lowest BCUT2D eigenvalue weighted by Gasteiger charge is -2.03. The van der Waals surface area contributed by atoms with Crippen LogP contribution in [-0.4, -0.2) is 25.9 Å². The summed E-state index contributed by atoms with van der Waals surface area (Å²) in [4.78, 5) is 17.5. The van der Waals surface area contributed by atoms with Gasteiger partial charge in [0.05, 0.1) is 11.9 Å². The number of hydrogen-bond donors (Lipinski definition) is 1. The van der Waals surface area contributed by atoms with Crippen molar-refractivity contribution in [3.05, 3.63) is 71.6 Å². The number of benzene rings is 1. The molecule has 7 heteroatoms. The van der Waals surface area contributed by atoms with Gasteiger partial charge in [0.15, 0.2) is 5.69 Å². The molecular formula is C16H14FN5O. The molecule has 0 bridgehead atoms. The van der Waals surface area contributed by atoms with Crippen molar-refractivity contribution >= 4 is 5.91 Å². The molecule has 0 saturated carbocycles. The SMILES string of the molecule is Cc1ccc(CNC(=O)c2cnn(-c3ccc(F)cc3)n2)cn1. The van der Waals surface area contributed by atoms with E-state index in [0.717, 1.165) is 11.3 Å². The van der Waals surface area contributed by atoms with Gasteiger partial charge in [-0.15, -0.1) is 5.10 Å². The number of hydrogen-bond acceptors (Lipinski definition) is 4. The van der Waals surface area contributed by atoms with Crippen molar-refractivity contribution in [3.8, 4) is 5.69 Å². The quantitative estimate of drug-likeness (QED) is 0.800. The summed E-state index contributed by atoms with van der Waals surface area (Å²) < 4.78 is 12.9. The molecular weight excluding hydrogens is 297 g/mol. The molecule has 23 heavy (non-hydrogen) atoms. The van der Waals surface area contributed by atoms with E-state index in [2.05, 4.69) is 20.5 Å². The third-order valence-electron chi connectivity index (χ3n) is 3.21. The number of aryl methyl sites for hydroxylation is 1. The lowest BCUT2D eigenvalue weighted by Crippen LogP contribution is -2.23. The monoisotopic (exact) mass is 311 g/mol. The highest BCUT2D eigenvalue weighted by Gasteiger charge is 2.11. The summed E-state index contributed by atoms with van der Waals surface area (Å²) in [7, 11) is 0. The Morgan fingerprint density at radius 2 is 1.96 bits per heavy atom. The van der Waals surface area contributed by atoms with E-state index < -0.39 is 0 Å². The van der Waals surface area contributed by atoms with Crippen molar-refractivity contribution in [2.75, 3.05) is 0 Å². The number of aromatic nitrogens is 4. The van der Waals surface area contributed by atoms with Crippen LogP contribution in [0.3, 0.4) is 0 Å². The van der Waals surface area contributed by atoms with E-state index in [1.807, 2.05) is 19.1 Å². The number of halogens is 1. The summed E-state index contributed by atoms with van der Waals surface area (Å²) in [5.74, 6) is -0.676. The molecule has 2 aromatic heterocycles. The average molecular weight is 311 g/mol. The Morgan fingerprint density at radius 1 is 1.17 bits per heavy atom. The van der Waals surface area contributed by atoms with Crippen molar-refractivity contribution in [2.24, 2.45) is 0 Å². The molecule has 0 aliphatic heterocycles. The minimum Gasteiger partial charge on any atom is -0.346 e. The second-order valence-corrected chi connectivity index (χ2v) is 4.99. The number of rotatable bonds is 4. The average Bonchev–Trinajstić information content (AvgIpc) is 3.05. The van der Waals surface area contributed by atoms with E-state index in [9.17, 15) is 9.18 Å². The molecule has 3 rings (SSSR count). The zero-order valence-corrected chi connectivity index (χ0v) is 12.4. The molecule has 0 atom stereocenters. The molecule has 0 unspecified atom stereocenters. The van der Waals surface area contributed by atoms with Gasteiger partial charge in [-0.05, 0) is 42.8 Å². The van der Waals surface area contributed by atoms with Crippen molar-refractivity contribution in [2.45, 2.75) is 13.5 Å². The van der Waals surface area contributed by atoms with Crippen LogP contribution < -0.4 is 5.32 Å². The molecule has 3 aromatic rings. The predicted molar refractivity (Wildman–Crippen MR) is 81.5 cm³/mol. The van der Waals surface area contributed by atoms with Crippen molar-refractivity contribution in [1.29, 1.82) is 0 Å². The first-order valence-corrected chi connectivity index (χ1v) is 7.00. The topological polar surface area (TPSA) is 72.7 Å². The Kier molecular flexibility index (Phi) is 4.09. The first kappa shape index (κ1) is 14.8. The number of nitrogens with one attached hydrogen (secondary N) is 1. The molecule has 0 aliphatic carbocycles. The second kappa shape index (κ2) is 6.35. The molecule has 1 N–H and O–H groups in total. The molecule has 0 fully saturated rings. The summed E-state index contributed by atoms with van der Waals surface area (Å²) in [5, 5.41) is 10.9. The lowest BCUT2D eigenvalue weighted by molar-refractivity contribution is 0.0945. The minimum absolute atomic E-state index is 0.189. The van der Waals surface area contributed by atoms with E-state index in [1.165, 1.54) is 35.3 Å². The third-order valence-corrected chi connectivity index (χ3v) is 3.21. The Bertz CT molecular complexity index is 811. The van der Waals surface area contributed by atoms with Crippen LogP contribution in [-0.2, 0) is 6.54 Å².